The summed E-state index contributed by atoms with van der Waals surface area (Å²) in [5, 5.41) is 12.2. The van der Waals surface area contributed by atoms with Crippen molar-refractivity contribution >= 4 is 0 Å². The highest BCUT2D eigenvalue weighted by atomic mass is 19.4. The maximum atomic E-state index is 11.8. The van der Waals surface area contributed by atoms with Crippen molar-refractivity contribution in [3.05, 3.63) is 0 Å². The summed E-state index contributed by atoms with van der Waals surface area (Å²) in [6.07, 6.45) is -1.52. The van der Waals surface area contributed by atoms with Crippen LogP contribution in [-0.4, -0.2) is 31.5 Å². The molecule has 0 fully saturated rings. The first-order valence-electron chi connectivity index (χ1n) is 6.14. The zero-order valence-electron chi connectivity index (χ0n) is 10.9. The first kappa shape index (κ1) is 17.2. The Bertz CT molecular complexity index is 263. The van der Waals surface area contributed by atoms with E-state index in [4.69, 9.17) is 5.26 Å². The van der Waals surface area contributed by atoms with Gasteiger partial charge in [-0.15, -0.1) is 0 Å². The Hall–Kier alpha value is -0.800. The zero-order chi connectivity index (χ0) is 14.1. The van der Waals surface area contributed by atoms with E-state index in [-0.39, 0.29) is 6.61 Å². The minimum absolute atomic E-state index is 0.0782. The molecule has 0 aliphatic rings. The molecular weight excluding hydrogens is 245 g/mol. The minimum Gasteiger partial charge on any atom is -0.372 e. The predicted octanol–water partition coefficient (Wildman–Crippen LogP) is 3.02. The lowest BCUT2D eigenvalue weighted by Crippen LogP contribution is -2.41. The van der Waals surface area contributed by atoms with E-state index in [9.17, 15) is 13.2 Å². The number of hydrogen-bond acceptors (Lipinski definition) is 3. The lowest BCUT2D eigenvalue weighted by Gasteiger charge is -2.22. The Labute approximate surface area is 106 Å². The molecule has 0 aromatic carbocycles. The SMILES string of the molecule is CCCNC(C)(C#N)CCCCOCC(F)(F)F. The maximum absolute atomic E-state index is 11.8. The summed E-state index contributed by atoms with van der Waals surface area (Å²) < 4.78 is 39.8. The van der Waals surface area contributed by atoms with E-state index in [1.54, 1.807) is 6.92 Å². The molecule has 1 N–H and O–H groups in total. The third-order valence-electron chi connectivity index (χ3n) is 2.49. The number of unbranched alkanes of at least 4 members (excludes halogenated alkanes) is 1. The lowest BCUT2D eigenvalue weighted by molar-refractivity contribution is -0.174. The number of nitrogens with zero attached hydrogens (tertiary/aromatic N) is 1. The van der Waals surface area contributed by atoms with Crippen LogP contribution in [0.4, 0.5) is 13.2 Å². The van der Waals surface area contributed by atoms with Gasteiger partial charge in [-0.1, -0.05) is 6.92 Å². The number of nitrogens with one attached hydrogen (secondary N) is 1. The summed E-state index contributed by atoms with van der Waals surface area (Å²) in [6, 6.07) is 2.20. The molecule has 3 nitrogen and oxygen atoms in total. The van der Waals surface area contributed by atoms with Crippen LogP contribution < -0.4 is 5.32 Å². The Kier molecular flexibility index (Phi) is 7.96. The molecule has 106 valence electrons. The molecule has 1 unspecified atom stereocenters. The van der Waals surface area contributed by atoms with E-state index < -0.39 is 18.3 Å². The van der Waals surface area contributed by atoms with Gasteiger partial charge in [-0.25, -0.2) is 0 Å². The van der Waals surface area contributed by atoms with Crippen LogP contribution in [-0.2, 0) is 4.74 Å². The van der Waals surface area contributed by atoms with Crippen molar-refractivity contribution in [2.45, 2.75) is 51.2 Å². The van der Waals surface area contributed by atoms with Crippen molar-refractivity contribution in [3.63, 3.8) is 0 Å². The van der Waals surface area contributed by atoms with Gasteiger partial charge in [0.25, 0.3) is 0 Å². The summed E-state index contributed by atoms with van der Waals surface area (Å²) in [6.45, 7) is 3.45. The van der Waals surface area contributed by atoms with Crippen LogP contribution in [0.2, 0.25) is 0 Å². The van der Waals surface area contributed by atoms with Gasteiger partial charge in [-0.3, -0.25) is 5.32 Å². The van der Waals surface area contributed by atoms with Gasteiger partial charge < -0.3 is 4.74 Å². The molecule has 6 heteroatoms. The molecule has 0 heterocycles. The topological polar surface area (TPSA) is 45.0 Å². The van der Waals surface area contributed by atoms with Crippen LogP contribution >= 0.6 is 0 Å². The molecule has 0 bridgehead atoms. The Morgan fingerprint density at radius 3 is 2.44 bits per heavy atom. The molecule has 1 atom stereocenters. The molecule has 0 saturated heterocycles. The molecule has 0 rings (SSSR count). The van der Waals surface area contributed by atoms with Gasteiger partial charge in [0.05, 0.1) is 6.07 Å². The summed E-state index contributed by atoms with van der Waals surface area (Å²) in [5.41, 5.74) is -0.597. The Balaban J connectivity index is 3.66. The molecule has 0 spiro atoms. The first-order valence-corrected chi connectivity index (χ1v) is 6.14. The summed E-state index contributed by atoms with van der Waals surface area (Å²) in [7, 11) is 0. The second-order valence-corrected chi connectivity index (χ2v) is 4.50. The van der Waals surface area contributed by atoms with Gasteiger partial charge in [-0.2, -0.15) is 18.4 Å². The average molecular weight is 266 g/mol. The number of alkyl halides is 3. The van der Waals surface area contributed by atoms with Crippen molar-refractivity contribution < 1.29 is 17.9 Å². The van der Waals surface area contributed by atoms with E-state index in [0.29, 0.717) is 19.3 Å². The fourth-order valence-electron chi connectivity index (χ4n) is 1.46. The average Bonchev–Trinajstić information content (AvgIpc) is 2.30. The molecular formula is C12H21F3N2O. The van der Waals surface area contributed by atoms with Crippen molar-refractivity contribution in [3.8, 4) is 6.07 Å². The molecule has 0 aliphatic carbocycles. The van der Waals surface area contributed by atoms with Crippen LogP contribution in [0, 0.1) is 11.3 Å². The fourth-order valence-corrected chi connectivity index (χ4v) is 1.46. The Morgan fingerprint density at radius 2 is 1.94 bits per heavy atom. The lowest BCUT2D eigenvalue weighted by atomic mass is 9.96. The quantitative estimate of drug-likeness (QED) is 0.652. The van der Waals surface area contributed by atoms with E-state index in [1.165, 1.54) is 0 Å². The number of nitriles is 1. The second kappa shape index (κ2) is 8.33. The van der Waals surface area contributed by atoms with Crippen molar-refractivity contribution in [1.29, 1.82) is 5.26 Å². The zero-order valence-corrected chi connectivity index (χ0v) is 10.9. The third kappa shape index (κ3) is 9.25. The van der Waals surface area contributed by atoms with Crippen LogP contribution in [0.1, 0.15) is 39.5 Å². The summed E-state index contributed by atoms with van der Waals surface area (Å²) in [4.78, 5) is 0. The van der Waals surface area contributed by atoms with Crippen molar-refractivity contribution in [2.75, 3.05) is 19.8 Å². The summed E-state index contributed by atoms with van der Waals surface area (Å²) >= 11 is 0. The van der Waals surface area contributed by atoms with Gasteiger partial charge >= 0.3 is 6.18 Å². The Morgan fingerprint density at radius 1 is 1.28 bits per heavy atom. The van der Waals surface area contributed by atoms with Gasteiger partial charge in [0.15, 0.2) is 0 Å². The van der Waals surface area contributed by atoms with Gasteiger partial charge in [0, 0.05) is 6.61 Å². The monoisotopic (exact) mass is 266 g/mol. The summed E-state index contributed by atoms with van der Waals surface area (Å²) in [5.74, 6) is 0. The first-order chi connectivity index (χ1) is 8.33. The van der Waals surface area contributed by atoms with E-state index in [1.807, 2.05) is 6.92 Å². The predicted molar refractivity (Wildman–Crippen MR) is 63.0 cm³/mol. The molecule has 0 amide bonds. The van der Waals surface area contributed by atoms with Crippen LogP contribution in [0.3, 0.4) is 0 Å². The number of ether oxygens (including phenoxy) is 1. The van der Waals surface area contributed by atoms with Gasteiger partial charge in [-0.05, 0) is 39.2 Å². The fraction of sp³-hybridized carbons (Fsp3) is 0.917. The largest absolute Gasteiger partial charge is 0.411 e. The van der Waals surface area contributed by atoms with Crippen LogP contribution in [0.15, 0.2) is 0 Å². The molecule has 18 heavy (non-hydrogen) atoms. The van der Waals surface area contributed by atoms with Gasteiger partial charge in [0.1, 0.15) is 12.1 Å². The second-order valence-electron chi connectivity index (χ2n) is 4.50. The van der Waals surface area contributed by atoms with Gasteiger partial charge in [0.2, 0.25) is 0 Å². The number of hydrogen-bond donors (Lipinski definition) is 1. The molecule has 0 radical (unpaired) electrons. The highest BCUT2D eigenvalue weighted by molar-refractivity contribution is 5.03. The van der Waals surface area contributed by atoms with Crippen LogP contribution in [0.25, 0.3) is 0 Å². The molecule has 0 aliphatic heterocycles. The maximum Gasteiger partial charge on any atom is 0.411 e. The molecule has 0 aromatic rings. The van der Waals surface area contributed by atoms with Crippen LogP contribution in [0.5, 0.6) is 0 Å². The molecule has 0 saturated carbocycles. The van der Waals surface area contributed by atoms with E-state index in [2.05, 4.69) is 16.1 Å². The third-order valence-corrected chi connectivity index (χ3v) is 2.49. The normalized spacial score (nSPS) is 15.1. The molecule has 0 aromatic heterocycles. The highest BCUT2D eigenvalue weighted by Crippen LogP contribution is 2.16. The van der Waals surface area contributed by atoms with Crippen molar-refractivity contribution in [1.82, 2.24) is 5.32 Å². The number of rotatable bonds is 9. The van der Waals surface area contributed by atoms with Crippen molar-refractivity contribution in [2.24, 2.45) is 0 Å². The minimum atomic E-state index is -4.26. The van der Waals surface area contributed by atoms with E-state index in [0.717, 1.165) is 13.0 Å². The number of halogens is 3. The highest BCUT2D eigenvalue weighted by Gasteiger charge is 2.27. The smallest absolute Gasteiger partial charge is 0.372 e. The van der Waals surface area contributed by atoms with E-state index >= 15 is 0 Å². The standard InChI is InChI=1S/C12H21F3N2O/c1-3-7-17-11(2,9-16)6-4-5-8-18-10-12(13,14)15/h17H,3-8,10H2,1-2H3.